The van der Waals surface area contributed by atoms with Gasteiger partial charge in [0.25, 0.3) is 0 Å². The van der Waals surface area contributed by atoms with Gasteiger partial charge in [0.2, 0.25) is 0 Å². The molecule has 0 spiro atoms. The van der Waals surface area contributed by atoms with Crippen LogP contribution in [-0.2, 0) is 0 Å². The van der Waals surface area contributed by atoms with Crippen LogP contribution in [0, 0.1) is 11.3 Å². The van der Waals surface area contributed by atoms with Gasteiger partial charge in [-0.25, -0.2) is 0 Å². The van der Waals surface area contributed by atoms with E-state index in [1.807, 2.05) is 0 Å². The van der Waals surface area contributed by atoms with Crippen molar-refractivity contribution in [2.45, 2.75) is 64.4 Å². The topological polar surface area (TPSA) is 20.2 Å². The second-order valence-electron chi connectivity index (χ2n) is 5.35. The molecule has 2 rings (SSSR count). The molecule has 2 saturated carbocycles. The molecule has 76 valence electrons. The first-order valence-corrected chi connectivity index (χ1v) is 5.90. The number of aliphatic hydroxyl groups excluding tert-OH is 1. The van der Waals surface area contributed by atoms with E-state index >= 15 is 0 Å². The van der Waals surface area contributed by atoms with Crippen LogP contribution in [0.4, 0.5) is 0 Å². The molecule has 0 radical (unpaired) electrons. The van der Waals surface area contributed by atoms with Gasteiger partial charge in [0.1, 0.15) is 0 Å². The molecule has 1 nitrogen and oxygen atoms in total. The van der Waals surface area contributed by atoms with E-state index in [9.17, 15) is 5.11 Å². The average molecular weight is 182 g/mol. The Kier molecular flexibility index (Phi) is 2.64. The van der Waals surface area contributed by atoms with E-state index in [1.54, 1.807) is 0 Å². The molecule has 0 amide bonds. The highest BCUT2D eigenvalue weighted by Gasteiger charge is 2.40. The maximum Gasteiger partial charge on any atom is 0.0621 e. The summed E-state index contributed by atoms with van der Waals surface area (Å²) in [5.74, 6) is 0.628. The van der Waals surface area contributed by atoms with Crippen molar-refractivity contribution in [3.05, 3.63) is 0 Å². The fourth-order valence-electron chi connectivity index (χ4n) is 3.32. The standard InChI is InChI=1S/C12H22O/c1-12(8-4-5-9-12)11(13)10-6-2-3-7-10/h10-11,13H,2-9H2,1H3. The van der Waals surface area contributed by atoms with Gasteiger partial charge in [0.05, 0.1) is 6.10 Å². The third kappa shape index (κ3) is 1.76. The molecule has 0 bridgehead atoms. The third-order valence-electron chi connectivity index (χ3n) is 4.31. The van der Waals surface area contributed by atoms with Crippen LogP contribution in [0.15, 0.2) is 0 Å². The Bertz CT molecular complexity index is 164. The third-order valence-corrected chi connectivity index (χ3v) is 4.31. The minimum atomic E-state index is -0.00231. The van der Waals surface area contributed by atoms with Crippen molar-refractivity contribution in [2.75, 3.05) is 0 Å². The van der Waals surface area contributed by atoms with Crippen LogP contribution < -0.4 is 0 Å². The van der Waals surface area contributed by atoms with Crippen LogP contribution in [-0.4, -0.2) is 11.2 Å². The van der Waals surface area contributed by atoms with Crippen LogP contribution in [0.3, 0.4) is 0 Å². The molecule has 0 saturated heterocycles. The molecule has 0 heterocycles. The predicted octanol–water partition coefficient (Wildman–Crippen LogP) is 3.12. The van der Waals surface area contributed by atoms with Gasteiger partial charge in [-0.1, -0.05) is 32.6 Å². The van der Waals surface area contributed by atoms with Gasteiger partial charge in [-0.2, -0.15) is 0 Å². The molecular formula is C12H22O. The summed E-state index contributed by atoms with van der Waals surface area (Å²) in [6.45, 7) is 2.29. The Balaban J connectivity index is 1.97. The SMILES string of the molecule is CC1(C(O)C2CCCC2)CCCC1. The van der Waals surface area contributed by atoms with Crippen LogP contribution in [0.2, 0.25) is 0 Å². The molecule has 0 aromatic heterocycles. The first-order chi connectivity index (χ1) is 6.22. The molecule has 1 unspecified atom stereocenters. The minimum Gasteiger partial charge on any atom is -0.392 e. The van der Waals surface area contributed by atoms with Gasteiger partial charge in [-0.3, -0.25) is 0 Å². The maximum absolute atomic E-state index is 10.3. The fraction of sp³-hybridized carbons (Fsp3) is 1.00. The van der Waals surface area contributed by atoms with E-state index in [0.717, 1.165) is 0 Å². The maximum atomic E-state index is 10.3. The van der Waals surface area contributed by atoms with Crippen molar-refractivity contribution in [3.63, 3.8) is 0 Å². The highest BCUT2D eigenvalue weighted by Crippen LogP contribution is 2.45. The van der Waals surface area contributed by atoms with Crippen LogP contribution >= 0.6 is 0 Å². The summed E-state index contributed by atoms with van der Waals surface area (Å²) >= 11 is 0. The van der Waals surface area contributed by atoms with Gasteiger partial charge >= 0.3 is 0 Å². The zero-order valence-electron chi connectivity index (χ0n) is 8.76. The van der Waals surface area contributed by atoms with Gasteiger partial charge in [-0.15, -0.1) is 0 Å². The van der Waals surface area contributed by atoms with Crippen LogP contribution in [0.1, 0.15) is 58.3 Å². The molecule has 0 aromatic rings. The molecule has 2 aliphatic carbocycles. The summed E-state index contributed by atoms with van der Waals surface area (Å²) < 4.78 is 0. The van der Waals surface area contributed by atoms with Gasteiger partial charge in [0.15, 0.2) is 0 Å². The van der Waals surface area contributed by atoms with E-state index in [0.29, 0.717) is 5.92 Å². The molecule has 0 aromatic carbocycles. The lowest BCUT2D eigenvalue weighted by molar-refractivity contribution is -0.00356. The highest BCUT2D eigenvalue weighted by molar-refractivity contribution is 4.91. The molecular weight excluding hydrogens is 160 g/mol. The van der Waals surface area contributed by atoms with E-state index < -0.39 is 0 Å². The summed E-state index contributed by atoms with van der Waals surface area (Å²) in [4.78, 5) is 0. The summed E-state index contributed by atoms with van der Waals surface area (Å²) in [7, 11) is 0. The number of rotatable bonds is 2. The van der Waals surface area contributed by atoms with E-state index in [-0.39, 0.29) is 11.5 Å². The molecule has 1 N–H and O–H groups in total. The molecule has 0 aliphatic heterocycles. The zero-order valence-corrected chi connectivity index (χ0v) is 8.76. The van der Waals surface area contributed by atoms with Crippen molar-refractivity contribution in [1.29, 1.82) is 0 Å². The Labute approximate surface area is 81.5 Å². The Morgan fingerprint density at radius 3 is 2.15 bits per heavy atom. The Hall–Kier alpha value is -0.0400. The molecule has 13 heavy (non-hydrogen) atoms. The quantitative estimate of drug-likeness (QED) is 0.695. The average Bonchev–Trinajstić information content (AvgIpc) is 2.73. The summed E-state index contributed by atoms with van der Waals surface area (Å²) in [6.07, 6.45) is 10.4. The van der Waals surface area contributed by atoms with Crippen molar-refractivity contribution >= 4 is 0 Å². The van der Waals surface area contributed by atoms with Crippen molar-refractivity contribution in [1.82, 2.24) is 0 Å². The number of hydrogen-bond donors (Lipinski definition) is 1. The minimum absolute atomic E-state index is 0.00231. The molecule has 2 fully saturated rings. The predicted molar refractivity (Wildman–Crippen MR) is 54.5 cm³/mol. The second kappa shape index (κ2) is 3.61. The first kappa shape index (κ1) is 9.51. The lowest BCUT2D eigenvalue weighted by Gasteiger charge is -2.34. The van der Waals surface area contributed by atoms with E-state index in [4.69, 9.17) is 0 Å². The van der Waals surface area contributed by atoms with E-state index in [1.165, 1.54) is 51.4 Å². The zero-order chi connectivity index (χ0) is 9.31. The second-order valence-corrected chi connectivity index (χ2v) is 5.35. The van der Waals surface area contributed by atoms with Gasteiger partial charge < -0.3 is 5.11 Å². The van der Waals surface area contributed by atoms with Crippen LogP contribution in [0.5, 0.6) is 0 Å². The monoisotopic (exact) mass is 182 g/mol. The van der Waals surface area contributed by atoms with Crippen molar-refractivity contribution in [2.24, 2.45) is 11.3 Å². The first-order valence-electron chi connectivity index (χ1n) is 5.90. The van der Waals surface area contributed by atoms with Crippen LogP contribution in [0.25, 0.3) is 0 Å². The normalized spacial score (nSPS) is 30.9. The smallest absolute Gasteiger partial charge is 0.0621 e. The fourth-order valence-corrected chi connectivity index (χ4v) is 3.32. The summed E-state index contributed by atoms with van der Waals surface area (Å²) in [5.41, 5.74) is 0.273. The lowest BCUT2D eigenvalue weighted by atomic mass is 9.76. The van der Waals surface area contributed by atoms with E-state index in [2.05, 4.69) is 6.92 Å². The lowest BCUT2D eigenvalue weighted by Crippen LogP contribution is -2.35. The largest absolute Gasteiger partial charge is 0.392 e. The van der Waals surface area contributed by atoms with Crippen molar-refractivity contribution in [3.8, 4) is 0 Å². The number of hydrogen-bond acceptors (Lipinski definition) is 1. The Morgan fingerprint density at radius 1 is 1.08 bits per heavy atom. The van der Waals surface area contributed by atoms with Crippen molar-refractivity contribution < 1.29 is 5.11 Å². The summed E-state index contributed by atoms with van der Waals surface area (Å²) in [6, 6.07) is 0. The summed E-state index contributed by atoms with van der Waals surface area (Å²) in [5, 5.41) is 10.3. The number of aliphatic hydroxyl groups is 1. The highest BCUT2D eigenvalue weighted by atomic mass is 16.3. The van der Waals surface area contributed by atoms with Gasteiger partial charge in [-0.05, 0) is 37.0 Å². The van der Waals surface area contributed by atoms with Gasteiger partial charge in [0, 0.05) is 0 Å². The Morgan fingerprint density at radius 2 is 1.62 bits per heavy atom. The molecule has 2 aliphatic rings. The molecule has 1 heteroatoms. The molecule has 1 atom stereocenters.